The highest BCUT2D eigenvalue weighted by Crippen LogP contribution is 2.20. The Morgan fingerprint density at radius 2 is 0.492 bits per heavy atom. The number of fused-ring (bicyclic) bond motifs is 9. The number of aromatic nitrogens is 14. The van der Waals surface area contributed by atoms with E-state index in [0.29, 0.717) is 0 Å². The summed E-state index contributed by atoms with van der Waals surface area (Å²) in [6.45, 7) is 72.0. The first kappa shape index (κ1) is 132. The van der Waals surface area contributed by atoms with Crippen molar-refractivity contribution >= 4 is 76.3 Å². The molecule has 14 nitrogen and oxygen atoms in total. The van der Waals surface area contributed by atoms with E-state index in [1.54, 1.807) is 49.7 Å². The number of aryl methyl sites for hydroxylation is 4. The number of para-hydroxylation sites is 4. The van der Waals surface area contributed by atoms with Crippen LogP contribution in [0.3, 0.4) is 0 Å². The van der Waals surface area contributed by atoms with Crippen molar-refractivity contribution in [1.82, 2.24) is 70.2 Å². The quantitative estimate of drug-likeness (QED) is 0.140. The summed E-state index contributed by atoms with van der Waals surface area (Å²) in [4.78, 5) is 41.0. The average Bonchev–Trinajstić information content (AvgIpc) is 0.949. The van der Waals surface area contributed by atoms with Crippen molar-refractivity contribution in [2.45, 2.75) is 301 Å². The fourth-order valence-corrected chi connectivity index (χ4v) is 9.74. The maximum atomic E-state index is 4.32. The highest BCUT2D eigenvalue weighted by atomic mass is 15.1. The van der Waals surface area contributed by atoms with Gasteiger partial charge < -0.3 is 0 Å². The highest BCUT2D eigenvalue weighted by Gasteiger charge is 2.08. The van der Waals surface area contributed by atoms with Crippen LogP contribution in [0, 0.1) is 0 Å². The average molecular weight is 1720 g/mol. The van der Waals surface area contributed by atoms with Crippen LogP contribution in [0.5, 0.6) is 0 Å². The normalized spacial score (nSPS) is 9.02. The van der Waals surface area contributed by atoms with Crippen molar-refractivity contribution in [2.75, 3.05) is 0 Å². The Labute approximate surface area is 770 Å². The van der Waals surface area contributed by atoms with E-state index in [0.717, 1.165) is 60.2 Å². The first-order chi connectivity index (χ1) is 62.7. The molecule has 0 atom stereocenters. The van der Waals surface area contributed by atoms with E-state index in [-0.39, 0.29) is 0 Å². The van der Waals surface area contributed by atoms with Crippen LogP contribution in [-0.4, -0.2) is 70.2 Å². The monoisotopic (exact) mass is 1720 g/mol. The Morgan fingerprint density at radius 1 is 0.175 bits per heavy atom. The molecule has 126 heavy (non-hydrogen) atoms. The summed E-state index contributed by atoms with van der Waals surface area (Å²) in [7, 11) is 0. The smallest absolute Gasteiger partial charge is 0.159 e. The van der Waals surface area contributed by atoms with Gasteiger partial charge >= 0.3 is 0 Å². The minimum absolute atomic E-state index is 0.810. The summed E-state index contributed by atoms with van der Waals surface area (Å²) in [5, 5.41) is 24.5. The molecular weight excluding hydrogens is 1540 g/mol. The number of benzene rings is 6. The van der Waals surface area contributed by atoms with Crippen molar-refractivity contribution < 1.29 is 0 Å². The van der Waals surface area contributed by atoms with Gasteiger partial charge in [0.05, 0.1) is 46.2 Å². The summed E-state index contributed by atoms with van der Waals surface area (Å²) < 4.78 is 0. The van der Waals surface area contributed by atoms with Gasteiger partial charge in [0.1, 0.15) is 6.33 Å². The highest BCUT2D eigenvalue weighted by molar-refractivity contribution is 5.82. The van der Waals surface area contributed by atoms with E-state index in [4.69, 9.17) is 0 Å². The second-order valence-electron chi connectivity index (χ2n) is 20.5. The standard InChI is InChI=1S/C9H11N.C9H7N.C9H11N.C9H7N.5C8H6N2.18C2H6/c2*1-2-6-9-8(4-1)5-3-7-10-9;2*1-2-4-9-7-10-6-5-8(9)3-1;1-3-7-4-2-6-10-8(7)9-5-1;1-2-4-8-7(3-1)5-9-6-10-8;1-2-4-8-6-10-9-5-7(8)3-1;1-2-4-8-7(3-1)9-5-6-10-8;1-2-4-8-7(3-1)5-6-9-10-8;18*1-2/h3,5,7H,1-2,4,6H2;1-7H;5-7H,1-4H2;1-7H;5*1-6H;18*1-2H3. The summed E-state index contributed by atoms with van der Waals surface area (Å²) >= 11 is 0. The van der Waals surface area contributed by atoms with Gasteiger partial charge in [-0.25, -0.2) is 19.9 Å². The lowest BCUT2D eigenvalue weighted by Crippen LogP contribution is -2.03. The molecule has 2 aliphatic rings. The molecule has 18 rings (SSSR count). The van der Waals surface area contributed by atoms with Gasteiger partial charge in [-0.1, -0.05) is 377 Å². The molecule has 0 amide bonds. The molecule has 14 heteroatoms. The van der Waals surface area contributed by atoms with Crippen LogP contribution in [0.15, 0.2) is 305 Å². The predicted molar refractivity (Wildman–Crippen MR) is 567 cm³/mol. The second-order valence-corrected chi connectivity index (χ2v) is 20.5. The van der Waals surface area contributed by atoms with Gasteiger partial charge in [0.2, 0.25) is 0 Å². The molecule has 0 saturated carbocycles. The zero-order valence-corrected chi connectivity index (χ0v) is 85.8. The van der Waals surface area contributed by atoms with Crippen molar-refractivity contribution in [3.63, 3.8) is 0 Å². The van der Waals surface area contributed by atoms with E-state index in [1.807, 2.05) is 469 Å². The van der Waals surface area contributed by atoms with Crippen molar-refractivity contribution in [2.24, 2.45) is 0 Å². The van der Waals surface area contributed by atoms with Crippen molar-refractivity contribution in [3.8, 4) is 0 Å². The molecule has 0 N–H and O–H groups in total. The van der Waals surface area contributed by atoms with Gasteiger partial charge in [0.25, 0.3) is 0 Å². The predicted octanol–water partition coefficient (Wildman–Crippen LogP) is 35.0. The molecule has 0 unspecified atom stereocenters. The molecule has 6 aromatic carbocycles. The lowest BCUT2D eigenvalue weighted by atomic mass is 9.94. The topological polar surface area (TPSA) is 180 Å². The van der Waals surface area contributed by atoms with Crippen LogP contribution in [0.2, 0.25) is 0 Å². The van der Waals surface area contributed by atoms with Crippen LogP contribution < -0.4 is 0 Å². The number of rotatable bonds is 0. The Kier molecular flexibility index (Phi) is 115. The molecule has 10 heterocycles. The van der Waals surface area contributed by atoms with E-state index in [1.165, 1.54) is 89.9 Å². The lowest BCUT2D eigenvalue weighted by molar-refractivity contribution is 0.668. The van der Waals surface area contributed by atoms with Gasteiger partial charge in [-0.3, -0.25) is 29.9 Å². The van der Waals surface area contributed by atoms with Gasteiger partial charge in [-0.15, -0.1) is 0 Å². The van der Waals surface area contributed by atoms with Gasteiger partial charge in [-0.05, 0) is 164 Å². The van der Waals surface area contributed by atoms with Crippen LogP contribution in [0.25, 0.3) is 76.3 Å². The molecule has 0 aliphatic heterocycles. The fraction of sp³-hybridized carbons (Fsp3) is 0.393. The molecule has 0 saturated heterocycles. The third-order valence-corrected chi connectivity index (χ3v) is 14.3. The van der Waals surface area contributed by atoms with Gasteiger partial charge in [0.15, 0.2) is 5.65 Å². The number of hydrogen-bond donors (Lipinski definition) is 0. The summed E-state index contributed by atoms with van der Waals surface area (Å²) in [5.74, 6) is 0. The first-order valence-corrected chi connectivity index (χ1v) is 47.9. The second kappa shape index (κ2) is 109. The Bertz CT molecular complexity index is 3510. The summed E-state index contributed by atoms with van der Waals surface area (Å²) in [6, 6.07) is 70.0. The Hall–Kier alpha value is -11.6. The maximum absolute atomic E-state index is 4.32. The van der Waals surface area contributed by atoms with Gasteiger partial charge in [-0.2, -0.15) is 20.4 Å². The van der Waals surface area contributed by atoms with Crippen molar-refractivity contribution in [3.05, 3.63) is 328 Å². The third kappa shape index (κ3) is 61.6. The molecule has 0 spiro atoms. The van der Waals surface area contributed by atoms with Crippen molar-refractivity contribution in [1.29, 1.82) is 0 Å². The van der Waals surface area contributed by atoms with Crippen LogP contribution in [-0.2, 0) is 25.7 Å². The zero-order valence-electron chi connectivity index (χ0n) is 85.8. The molecule has 692 valence electrons. The lowest BCUT2D eigenvalue weighted by Gasteiger charge is -2.13. The molecular formula is C112H174N14. The number of nitrogens with zero attached hydrogens (tertiary/aromatic N) is 14. The minimum Gasteiger partial charge on any atom is -0.264 e. The summed E-state index contributed by atoms with van der Waals surface area (Å²) in [5.41, 5.74) is 11.5. The van der Waals surface area contributed by atoms with E-state index in [2.05, 4.69) is 107 Å². The molecule has 0 bridgehead atoms. The minimum atomic E-state index is 0.810. The van der Waals surface area contributed by atoms with Crippen LogP contribution >= 0.6 is 0 Å². The van der Waals surface area contributed by atoms with E-state index in [9.17, 15) is 0 Å². The molecule has 0 radical (unpaired) electrons. The number of hydrogen-bond acceptors (Lipinski definition) is 14. The molecule has 0 fully saturated rings. The largest absolute Gasteiger partial charge is 0.264 e. The Morgan fingerprint density at radius 3 is 0.929 bits per heavy atom. The van der Waals surface area contributed by atoms with Gasteiger partial charge in [0, 0.05) is 106 Å². The fourth-order valence-electron chi connectivity index (χ4n) is 9.74. The van der Waals surface area contributed by atoms with Crippen LogP contribution in [0.4, 0.5) is 0 Å². The maximum Gasteiger partial charge on any atom is 0.159 e. The molecule has 16 aromatic rings. The molecule has 2 aliphatic carbocycles. The number of pyridine rings is 6. The third-order valence-electron chi connectivity index (χ3n) is 14.3. The molecule has 10 aromatic heterocycles. The Balaban J connectivity index is -0.000000167. The summed E-state index contributed by atoms with van der Waals surface area (Å²) in [6.07, 6.45) is 37.1. The van der Waals surface area contributed by atoms with Crippen LogP contribution in [0.1, 0.15) is 297 Å². The first-order valence-electron chi connectivity index (χ1n) is 47.9. The van der Waals surface area contributed by atoms with E-state index >= 15 is 0 Å². The SMILES string of the molecule is CC.CC.CC.CC.CC.CC.CC.CC.CC.CC.CC.CC.CC.CC.CC.CC.CC.CC.c1cc2c(cn1)CCCC2.c1ccc2cnccc2c1.c1ccc2cnncc2c1.c1ccc2ncccc2c1.c1ccc2nccnc2c1.c1ccc2ncncc2c1.c1ccc2nnccc2c1.c1cnc2c(c1)CCCC2.c1cnc2ncccc2c1. The zero-order chi connectivity index (χ0) is 97.3. The van der Waals surface area contributed by atoms with E-state index < -0.39 is 0 Å².